The molecule has 1 aliphatic heterocycles. The fourth-order valence-corrected chi connectivity index (χ4v) is 4.34. The van der Waals surface area contributed by atoms with Gasteiger partial charge in [0, 0.05) is 23.1 Å². The van der Waals surface area contributed by atoms with Gasteiger partial charge in [-0.15, -0.1) is 11.8 Å². The first-order valence-electron chi connectivity index (χ1n) is 8.60. The van der Waals surface area contributed by atoms with E-state index in [1.54, 1.807) is 11.8 Å². The summed E-state index contributed by atoms with van der Waals surface area (Å²) in [6.07, 6.45) is 7.91. The number of fused-ring (bicyclic) bond motifs is 1. The Morgan fingerprint density at radius 1 is 1.36 bits per heavy atom. The summed E-state index contributed by atoms with van der Waals surface area (Å²) in [6, 6.07) is 0. The predicted octanol–water partition coefficient (Wildman–Crippen LogP) is 3.19. The lowest BCUT2D eigenvalue weighted by Gasteiger charge is -2.24. The number of ether oxygens (including phenoxy) is 1. The number of thioether (sulfide) groups is 1. The van der Waals surface area contributed by atoms with Crippen LogP contribution in [-0.2, 0) is 24.1 Å². The largest absolute Gasteiger partial charge is 0.376 e. The number of hydrogen-bond donors (Lipinski definition) is 0. The first-order valence-corrected chi connectivity index (χ1v) is 9.47. The van der Waals surface area contributed by atoms with Gasteiger partial charge in [0.1, 0.15) is 5.03 Å². The summed E-state index contributed by atoms with van der Waals surface area (Å²) < 4.78 is 7.63. The highest BCUT2D eigenvalue weighted by molar-refractivity contribution is 7.99. The molecule has 2 heterocycles. The standard InChI is InChI=1S/C17H26N2O2S/c1-3-12(2)22-16-14-8-4-5-9-15(14)19(17(20)18-16)11-13-7-6-10-21-13/h12-13H,3-11H2,1-2H3. The lowest BCUT2D eigenvalue weighted by atomic mass is 9.97. The molecule has 122 valence electrons. The van der Waals surface area contributed by atoms with E-state index in [2.05, 4.69) is 18.8 Å². The van der Waals surface area contributed by atoms with Crippen molar-refractivity contribution in [2.45, 2.75) is 81.7 Å². The maximum Gasteiger partial charge on any atom is 0.348 e. The molecule has 3 rings (SSSR count). The Kier molecular flexibility index (Phi) is 5.24. The monoisotopic (exact) mass is 322 g/mol. The molecule has 5 heteroatoms. The normalized spacial score (nSPS) is 22.5. The molecule has 22 heavy (non-hydrogen) atoms. The van der Waals surface area contributed by atoms with Gasteiger partial charge in [0.25, 0.3) is 0 Å². The molecule has 0 radical (unpaired) electrons. The third-order valence-corrected chi connectivity index (χ3v) is 6.05. The molecule has 0 saturated carbocycles. The van der Waals surface area contributed by atoms with Gasteiger partial charge in [0.05, 0.1) is 12.6 Å². The highest BCUT2D eigenvalue weighted by Gasteiger charge is 2.24. The number of hydrogen-bond acceptors (Lipinski definition) is 4. The lowest BCUT2D eigenvalue weighted by molar-refractivity contribution is 0.0947. The zero-order valence-electron chi connectivity index (χ0n) is 13.6. The van der Waals surface area contributed by atoms with E-state index in [0.29, 0.717) is 11.8 Å². The molecule has 2 aliphatic rings. The first-order chi connectivity index (χ1) is 10.7. The SMILES string of the molecule is CCC(C)Sc1nc(=O)n(CC2CCCO2)c2c1CCCC2. The highest BCUT2D eigenvalue weighted by atomic mass is 32.2. The Balaban J connectivity index is 1.94. The minimum atomic E-state index is -0.0815. The van der Waals surface area contributed by atoms with Crippen LogP contribution in [0.15, 0.2) is 9.82 Å². The maximum absolute atomic E-state index is 12.6. The molecule has 0 aromatic carbocycles. The van der Waals surface area contributed by atoms with Crippen LogP contribution in [0, 0.1) is 0 Å². The van der Waals surface area contributed by atoms with Gasteiger partial charge in [-0.2, -0.15) is 4.98 Å². The topological polar surface area (TPSA) is 44.1 Å². The number of nitrogens with zero attached hydrogens (tertiary/aromatic N) is 2. The Morgan fingerprint density at radius 2 is 2.18 bits per heavy atom. The number of rotatable bonds is 5. The fourth-order valence-electron chi connectivity index (χ4n) is 3.30. The third-order valence-electron chi connectivity index (χ3n) is 4.75. The molecule has 0 N–H and O–H groups in total. The van der Waals surface area contributed by atoms with Crippen molar-refractivity contribution in [1.29, 1.82) is 0 Å². The van der Waals surface area contributed by atoms with Crippen molar-refractivity contribution in [2.24, 2.45) is 0 Å². The van der Waals surface area contributed by atoms with Crippen molar-refractivity contribution < 1.29 is 4.74 Å². The van der Waals surface area contributed by atoms with Gasteiger partial charge in [-0.1, -0.05) is 13.8 Å². The summed E-state index contributed by atoms with van der Waals surface area (Å²) in [5.74, 6) is 0. The summed E-state index contributed by atoms with van der Waals surface area (Å²) in [7, 11) is 0. The molecule has 2 atom stereocenters. The summed E-state index contributed by atoms with van der Waals surface area (Å²) in [5, 5.41) is 1.49. The van der Waals surface area contributed by atoms with Crippen LogP contribution in [0.5, 0.6) is 0 Å². The second kappa shape index (κ2) is 7.18. The number of aromatic nitrogens is 2. The van der Waals surface area contributed by atoms with Gasteiger partial charge in [0.15, 0.2) is 0 Å². The fraction of sp³-hybridized carbons (Fsp3) is 0.765. The molecule has 1 saturated heterocycles. The lowest BCUT2D eigenvalue weighted by Crippen LogP contribution is -2.33. The Bertz CT molecular complexity index is 579. The molecule has 2 unspecified atom stereocenters. The maximum atomic E-state index is 12.6. The Morgan fingerprint density at radius 3 is 2.91 bits per heavy atom. The van der Waals surface area contributed by atoms with E-state index in [0.717, 1.165) is 43.7 Å². The minimum absolute atomic E-state index is 0.0815. The Hall–Kier alpha value is -0.810. The smallest absolute Gasteiger partial charge is 0.348 e. The van der Waals surface area contributed by atoms with Crippen molar-refractivity contribution in [3.63, 3.8) is 0 Å². The van der Waals surface area contributed by atoms with Crippen LogP contribution in [0.25, 0.3) is 0 Å². The van der Waals surface area contributed by atoms with E-state index in [1.165, 1.54) is 24.1 Å². The second-order valence-corrected chi connectivity index (χ2v) is 7.84. The molecule has 4 nitrogen and oxygen atoms in total. The van der Waals surface area contributed by atoms with Crippen molar-refractivity contribution in [1.82, 2.24) is 9.55 Å². The van der Waals surface area contributed by atoms with Gasteiger partial charge in [-0.05, 0) is 44.9 Å². The van der Waals surface area contributed by atoms with Crippen molar-refractivity contribution in [2.75, 3.05) is 6.61 Å². The van der Waals surface area contributed by atoms with Crippen LogP contribution in [-0.4, -0.2) is 27.5 Å². The van der Waals surface area contributed by atoms with Crippen molar-refractivity contribution in [3.05, 3.63) is 21.7 Å². The molecule has 1 aliphatic carbocycles. The Labute approximate surface area is 136 Å². The quantitative estimate of drug-likeness (QED) is 0.617. The molecular weight excluding hydrogens is 296 g/mol. The zero-order valence-corrected chi connectivity index (χ0v) is 14.5. The van der Waals surface area contributed by atoms with Gasteiger partial charge in [-0.3, -0.25) is 4.57 Å². The van der Waals surface area contributed by atoms with Gasteiger partial charge >= 0.3 is 5.69 Å². The van der Waals surface area contributed by atoms with Crippen LogP contribution in [0.1, 0.15) is 57.2 Å². The van der Waals surface area contributed by atoms with Crippen LogP contribution < -0.4 is 5.69 Å². The van der Waals surface area contributed by atoms with Crippen LogP contribution in [0.3, 0.4) is 0 Å². The average Bonchev–Trinajstić information content (AvgIpc) is 3.04. The van der Waals surface area contributed by atoms with E-state index in [9.17, 15) is 4.79 Å². The summed E-state index contributed by atoms with van der Waals surface area (Å²) in [4.78, 5) is 17.0. The predicted molar refractivity (Wildman–Crippen MR) is 89.7 cm³/mol. The molecular formula is C17H26N2O2S. The molecule has 1 fully saturated rings. The summed E-state index contributed by atoms with van der Waals surface area (Å²) in [6.45, 7) is 5.90. The van der Waals surface area contributed by atoms with E-state index in [4.69, 9.17) is 4.74 Å². The molecule has 0 bridgehead atoms. The van der Waals surface area contributed by atoms with Gasteiger partial charge in [0.2, 0.25) is 0 Å². The van der Waals surface area contributed by atoms with E-state index < -0.39 is 0 Å². The van der Waals surface area contributed by atoms with Crippen LogP contribution in [0.4, 0.5) is 0 Å². The van der Waals surface area contributed by atoms with Crippen LogP contribution in [0.2, 0.25) is 0 Å². The van der Waals surface area contributed by atoms with Gasteiger partial charge in [-0.25, -0.2) is 4.79 Å². The highest BCUT2D eigenvalue weighted by Crippen LogP contribution is 2.31. The zero-order chi connectivity index (χ0) is 15.5. The van der Waals surface area contributed by atoms with Crippen LogP contribution >= 0.6 is 11.8 Å². The summed E-state index contributed by atoms with van der Waals surface area (Å²) in [5.41, 5.74) is 2.48. The average molecular weight is 322 g/mol. The third kappa shape index (κ3) is 3.40. The van der Waals surface area contributed by atoms with Crippen molar-refractivity contribution >= 4 is 11.8 Å². The summed E-state index contributed by atoms with van der Waals surface area (Å²) >= 11 is 1.77. The minimum Gasteiger partial charge on any atom is -0.376 e. The second-order valence-electron chi connectivity index (χ2n) is 6.41. The molecule has 0 amide bonds. The van der Waals surface area contributed by atoms with Gasteiger partial charge < -0.3 is 4.74 Å². The van der Waals surface area contributed by atoms with Crippen molar-refractivity contribution in [3.8, 4) is 0 Å². The molecule has 1 aromatic rings. The first kappa shape index (κ1) is 16.1. The molecule has 1 aromatic heterocycles. The van der Waals surface area contributed by atoms with E-state index in [1.807, 2.05) is 4.57 Å². The van der Waals surface area contributed by atoms with E-state index >= 15 is 0 Å². The molecule has 0 spiro atoms. The van der Waals surface area contributed by atoms with E-state index in [-0.39, 0.29) is 11.8 Å².